The van der Waals surface area contributed by atoms with E-state index in [9.17, 15) is 0 Å². The third kappa shape index (κ3) is 1.55. The van der Waals surface area contributed by atoms with Gasteiger partial charge in [0, 0.05) is 15.1 Å². The third-order valence-corrected chi connectivity index (χ3v) is 3.95. The monoisotopic (exact) mass is 244 g/mol. The summed E-state index contributed by atoms with van der Waals surface area (Å²) in [6.07, 6.45) is 0. The van der Waals surface area contributed by atoms with Crippen LogP contribution in [0.15, 0.2) is 23.1 Å². The number of thiol groups is 1. The van der Waals surface area contributed by atoms with Crippen LogP contribution in [0, 0.1) is 0 Å². The Kier molecular flexibility index (Phi) is 2.77. The van der Waals surface area contributed by atoms with Crippen molar-refractivity contribution in [3.63, 3.8) is 0 Å². The van der Waals surface area contributed by atoms with Crippen molar-refractivity contribution in [1.82, 2.24) is 0 Å². The molecule has 2 aromatic rings. The van der Waals surface area contributed by atoms with E-state index in [0.717, 1.165) is 15.0 Å². The van der Waals surface area contributed by atoms with Gasteiger partial charge in [0.1, 0.15) is 0 Å². The van der Waals surface area contributed by atoms with Crippen LogP contribution in [-0.4, -0.2) is 17.2 Å². The molecule has 0 saturated heterocycles. The molecule has 14 heavy (non-hydrogen) atoms. The van der Waals surface area contributed by atoms with Gasteiger partial charge in [-0.15, -0.1) is 24.0 Å². The Morgan fingerprint density at radius 3 is 2.71 bits per heavy atom. The summed E-state index contributed by atoms with van der Waals surface area (Å²) in [5.41, 5.74) is 0.363. The smallest absolute Gasteiger partial charge is 0.423 e. The van der Waals surface area contributed by atoms with Gasteiger partial charge in [0.15, 0.2) is 0 Å². The van der Waals surface area contributed by atoms with Gasteiger partial charge in [-0.25, -0.2) is 0 Å². The zero-order valence-electron chi connectivity index (χ0n) is 6.94. The summed E-state index contributed by atoms with van der Waals surface area (Å²) in [5, 5.41) is 19.0. The van der Waals surface area contributed by atoms with E-state index in [0.29, 0.717) is 9.80 Å². The zero-order valence-corrected chi connectivity index (χ0v) is 9.40. The molecule has 0 fully saturated rings. The van der Waals surface area contributed by atoms with Crippen molar-refractivity contribution in [2.75, 3.05) is 0 Å². The molecule has 6 heteroatoms. The van der Waals surface area contributed by atoms with E-state index < -0.39 is 7.12 Å². The largest absolute Gasteiger partial charge is 0.491 e. The van der Waals surface area contributed by atoms with Gasteiger partial charge in [-0.1, -0.05) is 23.7 Å². The van der Waals surface area contributed by atoms with Crippen molar-refractivity contribution >= 4 is 58.2 Å². The number of halogens is 1. The molecule has 0 aliphatic heterocycles. The van der Waals surface area contributed by atoms with Gasteiger partial charge in [0.05, 0.1) is 4.34 Å². The Balaban J connectivity index is 2.83. The van der Waals surface area contributed by atoms with Crippen LogP contribution in [0.3, 0.4) is 0 Å². The molecule has 0 unspecified atom stereocenters. The number of fused-ring (bicyclic) bond motifs is 1. The van der Waals surface area contributed by atoms with Gasteiger partial charge < -0.3 is 10.0 Å². The quantitative estimate of drug-likeness (QED) is 0.526. The Morgan fingerprint density at radius 2 is 2.07 bits per heavy atom. The highest BCUT2D eigenvalue weighted by atomic mass is 35.5. The predicted molar refractivity (Wildman–Crippen MR) is 63.9 cm³/mol. The first kappa shape index (κ1) is 10.3. The fourth-order valence-electron chi connectivity index (χ4n) is 1.34. The number of benzene rings is 1. The van der Waals surface area contributed by atoms with Crippen LogP contribution >= 0.6 is 35.6 Å². The molecule has 0 aliphatic rings. The topological polar surface area (TPSA) is 40.5 Å². The van der Waals surface area contributed by atoms with Crippen LogP contribution < -0.4 is 5.46 Å². The minimum atomic E-state index is -1.54. The van der Waals surface area contributed by atoms with E-state index in [1.165, 1.54) is 11.3 Å². The lowest BCUT2D eigenvalue weighted by Gasteiger charge is -1.98. The predicted octanol–water partition coefficient (Wildman–Crippen LogP) is 1.52. The summed E-state index contributed by atoms with van der Waals surface area (Å²) in [6, 6.07) is 5.44. The molecular weight excluding hydrogens is 238 g/mol. The lowest BCUT2D eigenvalue weighted by Crippen LogP contribution is -2.29. The molecule has 0 aliphatic carbocycles. The minimum absolute atomic E-state index is 0.363. The highest BCUT2D eigenvalue weighted by molar-refractivity contribution is 7.80. The van der Waals surface area contributed by atoms with Gasteiger partial charge in [-0.3, -0.25) is 0 Å². The fourth-order valence-corrected chi connectivity index (χ4v) is 3.07. The van der Waals surface area contributed by atoms with Crippen molar-refractivity contribution in [1.29, 1.82) is 0 Å². The van der Waals surface area contributed by atoms with Crippen LogP contribution in [-0.2, 0) is 0 Å². The van der Waals surface area contributed by atoms with E-state index >= 15 is 0 Å². The highest BCUT2D eigenvalue weighted by Gasteiger charge is 2.21. The average molecular weight is 245 g/mol. The van der Waals surface area contributed by atoms with E-state index in [1.54, 1.807) is 12.1 Å². The first-order valence-corrected chi connectivity index (χ1v) is 5.51. The van der Waals surface area contributed by atoms with Crippen LogP contribution in [0.4, 0.5) is 0 Å². The van der Waals surface area contributed by atoms with Crippen LogP contribution in [0.25, 0.3) is 10.1 Å². The maximum Gasteiger partial charge on any atom is 0.491 e. The summed E-state index contributed by atoms with van der Waals surface area (Å²) in [6.45, 7) is 0. The highest BCUT2D eigenvalue weighted by Crippen LogP contribution is 2.31. The number of thiophene rings is 1. The maximum absolute atomic E-state index is 9.14. The summed E-state index contributed by atoms with van der Waals surface area (Å²) in [4.78, 5) is 0.793. The van der Waals surface area contributed by atoms with Gasteiger partial charge in [-0.2, -0.15) is 0 Å². The molecule has 2 rings (SSSR count). The average Bonchev–Trinajstić information content (AvgIpc) is 2.42. The molecule has 1 aromatic heterocycles. The van der Waals surface area contributed by atoms with Gasteiger partial charge >= 0.3 is 7.12 Å². The molecule has 0 bridgehead atoms. The lowest BCUT2D eigenvalue weighted by molar-refractivity contribution is 0.426. The Hall–Kier alpha value is -0.195. The van der Waals surface area contributed by atoms with Crippen molar-refractivity contribution < 1.29 is 10.0 Å². The SMILES string of the molecule is OB(O)c1c(Cl)sc2c(S)cccc12. The fraction of sp³-hybridized carbons (Fsp3) is 0. The second-order valence-corrected chi connectivity index (χ2v) is 4.92. The minimum Gasteiger partial charge on any atom is -0.423 e. The molecule has 0 spiro atoms. The number of hydrogen-bond acceptors (Lipinski definition) is 4. The van der Waals surface area contributed by atoms with Crippen LogP contribution in [0.2, 0.25) is 4.34 Å². The standard InChI is InChI=1S/C8H6BClO2S2/c10-8-6(9(11)12)4-2-1-3-5(13)7(4)14-8/h1-3,11-13H. The summed E-state index contributed by atoms with van der Waals surface area (Å²) in [7, 11) is -1.54. The molecule has 0 atom stereocenters. The van der Waals surface area contributed by atoms with Crippen molar-refractivity contribution in [3.05, 3.63) is 22.5 Å². The Bertz CT molecular complexity index is 483. The summed E-state index contributed by atoms with van der Waals surface area (Å²) < 4.78 is 1.28. The Morgan fingerprint density at radius 1 is 1.36 bits per heavy atom. The molecule has 1 aromatic carbocycles. The normalized spacial score (nSPS) is 10.9. The van der Waals surface area contributed by atoms with Gasteiger partial charge in [0.2, 0.25) is 0 Å². The molecule has 1 heterocycles. The van der Waals surface area contributed by atoms with E-state index in [1.807, 2.05) is 6.07 Å². The zero-order chi connectivity index (χ0) is 10.3. The molecule has 2 N–H and O–H groups in total. The third-order valence-electron chi connectivity index (χ3n) is 1.95. The van der Waals surface area contributed by atoms with Crippen molar-refractivity contribution in [2.45, 2.75) is 4.90 Å². The number of hydrogen-bond donors (Lipinski definition) is 3. The molecule has 0 saturated carbocycles. The second-order valence-electron chi connectivity index (χ2n) is 2.82. The maximum atomic E-state index is 9.14. The molecule has 72 valence electrons. The summed E-state index contributed by atoms with van der Waals surface area (Å²) in [5.74, 6) is 0. The van der Waals surface area contributed by atoms with Crippen molar-refractivity contribution in [3.8, 4) is 0 Å². The molecule has 2 nitrogen and oxygen atoms in total. The first-order chi connectivity index (χ1) is 6.61. The van der Waals surface area contributed by atoms with E-state index in [4.69, 9.17) is 21.6 Å². The second kappa shape index (κ2) is 3.75. The summed E-state index contributed by atoms with van der Waals surface area (Å²) >= 11 is 11.5. The molecule has 0 amide bonds. The lowest BCUT2D eigenvalue weighted by atomic mass is 9.80. The molecule has 0 radical (unpaired) electrons. The van der Waals surface area contributed by atoms with E-state index in [-0.39, 0.29) is 0 Å². The first-order valence-electron chi connectivity index (χ1n) is 3.87. The Labute approximate surface area is 95.7 Å². The van der Waals surface area contributed by atoms with Crippen LogP contribution in [0.5, 0.6) is 0 Å². The van der Waals surface area contributed by atoms with E-state index in [2.05, 4.69) is 12.6 Å². The van der Waals surface area contributed by atoms with Crippen molar-refractivity contribution in [2.24, 2.45) is 0 Å². The van der Waals surface area contributed by atoms with Gasteiger partial charge in [-0.05, 0) is 11.5 Å². The van der Waals surface area contributed by atoms with Crippen LogP contribution in [0.1, 0.15) is 0 Å². The number of rotatable bonds is 1. The van der Waals surface area contributed by atoms with Gasteiger partial charge in [0.25, 0.3) is 0 Å². The molecular formula is C8H6BClO2S2.